The summed E-state index contributed by atoms with van der Waals surface area (Å²) in [6.07, 6.45) is 10.1. The van der Waals surface area contributed by atoms with Gasteiger partial charge in [-0.25, -0.2) is 0 Å². The van der Waals surface area contributed by atoms with Gasteiger partial charge in [0, 0.05) is 32.3 Å². The first kappa shape index (κ1) is 29.7. The molecule has 0 saturated heterocycles. The Morgan fingerprint density at radius 3 is 1.63 bits per heavy atom. The smallest absolute Gasteiger partial charge is 0.374 e. The molecule has 0 saturated carbocycles. The van der Waals surface area contributed by atoms with E-state index in [2.05, 4.69) is 6.92 Å². The van der Waals surface area contributed by atoms with E-state index in [1.807, 2.05) is 20.8 Å². The first-order chi connectivity index (χ1) is 14.3. The van der Waals surface area contributed by atoms with Crippen LogP contribution >= 0.6 is 0 Å². The van der Waals surface area contributed by atoms with Crippen LogP contribution in [0.2, 0.25) is 6.04 Å². The molecule has 0 amide bonds. The molecule has 7 nitrogen and oxygen atoms in total. The number of hydrogen-bond donors (Lipinski definition) is 1. The van der Waals surface area contributed by atoms with Crippen molar-refractivity contribution in [1.82, 2.24) is 0 Å². The molecule has 30 heavy (non-hydrogen) atoms. The van der Waals surface area contributed by atoms with Crippen LogP contribution in [0.4, 0.5) is 0 Å². The lowest BCUT2D eigenvalue weighted by Gasteiger charge is -2.29. The number of carbonyl (C=O) groups excluding carboxylic acids is 1. The SMILES string of the molecule is CCCCCCCCCCCC(=O)C(CC[Si](OCC)(OCC)OCC)S(=O)(=O)O. The lowest BCUT2D eigenvalue weighted by Crippen LogP contribution is -2.47. The molecule has 0 radical (unpaired) electrons. The molecular weight excluding hydrogens is 424 g/mol. The summed E-state index contributed by atoms with van der Waals surface area (Å²) in [4.78, 5) is 12.5. The van der Waals surface area contributed by atoms with Crippen molar-refractivity contribution in [2.24, 2.45) is 0 Å². The zero-order valence-electron chi connectivity index (χ0n) is 19.5. The van der Waals surface area contributed by atoms with E-state index < -0.39 is 30.0 Å². The molecular formula is C21H44O7SSi. The van der Waals surface area contributed by atoms with Crippen LogP contribution in [0.5, 0.6) is 0 Å². The Morgan fingerprint density at radius 1 is 0.800 bits per heavy atom. The second kappa shape index (κ2) is 17.3. The predicted octanol–water partition coefficient (Wildman–Crippen LogP) is 5.17. The van der Waals surface area contributed by atoms with Crippen molar-refractivity contribution in [2.45, 2.75) is 110 Å². The maximum Gasteiger partial charge on any atom is 0.500 e. The van der Waals surface area contributed by atoms with Gasteiger partial charge in [-0.3, -0.25) is 9.35 Å². The Balaban J connectivity index is 4.61. The van der Waals surface area contributed by atoms with Crippen molar-refractivity contribution < 1.29 is 31.0 Å². The Morgan fingerprint density at radius 2 is 1.23 bits per heavy atom. The third-order valence-electron chi connectivity index (χ3n) is 5.05. The average molecular weight is 469 g/mol. The fraction of sp³-hybridized carbons (Fsp3) is 0.952. The molecule has 0 fully saturated rings. The number of carbonyl (C=O) groups is 1. The zero-order valence-corrected chi connectivity index (χ0v) is 21.3. The van der Waals surface area contributed by atoms with Crippen molar-refractivity contribution in [2.75, 3.05) is 19.8 Å². The fourth-order valence-corrected chi connectivity index (χ4v) is 7.28. The Hall–Kier alpha value is -0.323. The van der Waals surface area contributed by atoms with Gasteiger partial charge in [0.1, 0.15) is 5.25 Å². The van der Waals surface area contributed by atoms with E-state index >= 15 is 0 Å². The molecule has 0 aliphatic heterocycles. The van der Waals surface area contributed by atoms with Crippen molar-refractivity contribution in [3.8, 4) is 0 Å². The minimum atomic E-state index is -4.49. The van der Waals surface area contributed by atoms with Gasteiger partial charge in [-0.2, -0.15) is 8.42 Å². The summed E-state index contributed by atoms with van der Waals surface area (Å²) in [5, 5.41) is -1.44. The summed E-state index contributed by atoms with van der Waals surface area (Å²) in [6, 6.07) is 0.177. The molecule has 1 N–H and O–H groups in total. The maximum absolute atomic E-state index is 12.5. The van der Waals surface area contributed by atoms with Crippen LogP contribution in [-0.2, 0) is 28.2 Å². The van der Waals surface area contributed by atoms with Crippen LogP contribution in [0, 0.1) is 0 Å². The van der Waals surface area contributed by atoms with Gasteiger partial charge >= 0.3 is 8.80 Å². The first-order valence-corrected chi connectivity index (χ1v) is 15.1. The molecule has 0 rings (SSSR count). The van der Waals surface area contributed by atoms with Crippen molar-refractivity contribution >= 4 is 24.7 Å². The van der Waals surface area contributed by atoms with Crippen LogP contribution < -0.4 is 0 Å². The molecule has 0 aromatic heterocycles. The highest BCUT2D eigenvalue weighted by atomic mass is 32.2. The summed E-state index contributed by atoms with van der Waals surface area (Å²) in [7, 11) is -7.56. The van der Waals surface area contributed by atoms with Crippen molar-refractivity contribution in [1.29, 1.82) is 0 Å². The van der Waals surface area contributed by atoms with Crippen molar-refractivity contribution in [3.63, 3.8) is 0 Å². The highest BCUT2D eigenvalue weighted by Crippen LogP contribution is 2.23. The summed E-state index contributed by atoms with van der Waals surface area (Å²) < 4.78 is 50.5. The predicted molar refractivity (Wildman–Crippen MR) is 122 cm³/mol. The van der Waals surface area contributed by atoms with Crippen LogP contribution in [-0.4, -0.2) is 52.6 Å². The minimum Gasteiger partial charge on any atom is -0.374 e. The van der Waals surface area contributed by atoms with Gasteiger partial charge in [0.2, 0.25) is 0 Å². The second-order valence-electron chi connectivity index (χ2n) is 7.57. The molecule has 0 aromatic rings. The van der Waals surface area contributed by atoms with Crippen LogP contribution in [0.3, 0.4) is 0 Å². The number of hydrogen-bond acceptors (Lipinski definition) is 6. The van der Waals surface area contributed by atoms with Crippen LogP contribution in [0.15, 0.2) is 0 Å². The molecule has 0 aliphatic carbocycles. The van der Waals surface area contributed by atoms with Crippen molar-refractivity contribution in [3.05, 3.63) is 0 Å². The normalized spacial score (nSPS) is 13.5. The van der Waals surface area contributed by atoms with Gasteiger partial charge in [-0.05, 0) is 33.6 Å². The van der Waals surface area contributed by atoms with Gasteiger partial charge < -0.3 is 13.3 Å². The molecule has 0 bridgehead atoms. The molecule has 9 heteroatoms. The summed E-state index contributed by atoms with van der Waals surface area (Å²) in [5.41, 5.74) is 0. The minimum absolute atomic E-state index is 0.0542. The zero-order chi connectivity index (χ0) is 22.9. The summed E-state index contributed by atoms with van der Waals surface area (Å²) in [6.45, 7) is 8.75. The van der Waals surface area contributed by atoms with E-state index in [-0.39, 0.29) is 18.9 Å². The Labute approximate surface area is 185 Å². The monoisotopic (exact) mass is 468 g/mol. The molecule has 1 atom stereocenters. The number of rotatable bonds is 21. The number of Topliss-reactive ketones (excluding diaryl/α,β-unsaturated/α-hetero) is 1. The highest BCUT2D eigenvalue weighted by molar-refractivity contribution is 7.87. The molecule has 0 aromatic carbocycles. The molecule has 1 unspecified atom stereocenters. The average Bonchev–Trinajstić information content (AvgIpc) is 2.66. The van der Waals surface area contributed by atoms with E-state index in [0.717, 1.165) is 19.3 Å². The lowest BCUT2D eigenvalue weighted by molar-refractivity contribution is -0.118. The largest absolute Gasteiger partial charge is 0.500 e. The number of unbranched alkanes of at least 4 members (excludes halogenated alkanes) is 8. The van der Waals surface area contributed by atoms with Crippen LogP contribution in [0.1, 0.15) is 98.3 Å². The van der Waals surface area contributed by atoms with Gasteiger partial charge in [0.25, 0.3) is 10.1 Å². The first-order valence-electron chi connectivity index (χ1n) is 11.7. The topological polar surface area (TPSA) is 99.1 Å². The van der Waals surface area contributed by atoms with E-state index in [0.29, 0.717) is 26.2 Å². The molecule has 180 valence electrons. The lowest BCUT2D eigenvalue weighted by atomic mass is 10.0. The van der Waals surface area contributed by atoms with Gasteiger partial charge in [0.05, 0.1) is 0 Å². The quantitative estimate of drug-likeness (QED) is 0.141. The second-order valence-corrected chi connectivity index (χ2v) is 11.9. The van der Waals surface area contributed by atoms with Gasteiger partial charge in [0.15, 0.2) is 5.78 Å². The maximum atomic E-state index is 12.5. The molecule has 0 aliphatic rings. The molecule has 0 heterocycles. The van der Waals surface area contributed by atoms with E-state index in [9.17, 15) is 17.8 Å². The van der Waals surface area contributed by atoms with E-state index in [1.54, 1.807) is 0 Å². The van der Waals surface area contributed by atoms with Gasteiger partial charge in [-0.15, -0.1) is 0 Å². The third-order valence-corrected chi connectivity index (χ3v) is 9.36. The fourth-order valence-electron chi connectivity index (χ4n) is 3.56. The highest BCUT2D eigenvalue weighted by Gasteiger charge is 2.43. The van der Waals surface area contributed by atoms with E-state index in [1.165, 1.54) is 32.1 Å². The standard InChI is InChI=1S/C21H44O7SSi/c1-5-9-10-11-12-13-14-15-16-17-20(22)21(29(23,24)25)18-19-30(26-6-2,27-7-3)28-8-4/h21H,5-19H2,1-4H3,(H,23,24,25). The Kier molecular flexibility index (Phi) is 17.1. The van der Waals surface area contributed by atoms with E-state index in [4.69, 9.17) is 13.3 Å². The van der Waals surface area contributed by atoms with Crippen LogP contribution in [0.25, 0.3) is 0 Å². The number of ketones is 1. The third kappa shape index (κ3) is 13.2. The molecule has 0 spiro atoms. The Bertz CT molecular complexity index is 522. The summed E-state index contributed by atoms with van der Waals surface area (Å²) >= 11 is 0. The summed E-state index contributed by atoms with van der Waals surface area (Å²) in [5.74, 6) is -0.437. The van der Waals surface area contributed by atoms with Gasteiger partial charge in [-0.1, -0.05) is 58.3 Å².